The zero-order valence-corrected chi connectivity index (χ0v) is 21.1. The minimum absolute atomic E-state index is 0.143. The van der Waals surface area contributed by atoms with Crippen LogP contribution < -0.4 is 16.2 Å². The number of fused-ring (bicyclic) bond motifs is 1. The SMILES string of the molecule is CN(C(=O)[C@@H](N)Cc1ccc(O)cc1)[C@@H](CCCN)C(=O)Oc1ccc2ccccc2c1.O=C(O)C(F)(F)F. The summed E-state index contributed by atoms with van der Waals surface area (Å²) in [5.74, 6) is -3.09. The van der Waals surface area contributed by atoms with Gasteiger partial charge in [0.2, 0.25) is 5.91 Å². The van der Waals surface area contributed by atoms with Gasteiger partial charge in [-0.1, -0.05) is 42.5 Å². The van der Waals surface area contributed by atoms with Gasteiger partial charge in [0.1, 0.15) is 17.5 Å². The second-order valence-electron chi connectivity index (χ2n) is 8.61. The molecule has 2 atom stereocenters. The predicted molar refractivity (Wildman–Crippen MR) is 138 cm³/mol. The number of phenolic OH excluding ortho intramolecular Hbond substituents is 1. The van der Waals surface area contributed by atoms with Crippen LogP contribution >= 0.6 is 0 Å². The van der Waals surface area contributed by atoms with Crippen LogP contribution in [0.3, 0.4) is 0 Å². The summed E-state index contributed by atoms with van der Waals surface area (Å²) in [5, 5.41) is 18.5. The van der Waals surface area contributed by atoms with Crippen molar-refractivity contribution in [2.24, 2.45) is 11.5 Å². The zero-order valence-electron chi connectivity index (χ0n) is 21.1. The standard InChI is InChI=1S/C25H29N3O4.C2HF3O2/c1-28(24(30)22(27)15-17-8-11-20(29)12-9-17)23(7-4-14-26)25(31)32-21-13-10-18-5-2-3-6-19(18)16-21;3-2(4,5)1(6)7/h2-3,5-6,8-13,16,22-23,29H,4,7,14-15,26-27H2,1H3;(H,6,7)/t22-,23-;/m0./s1. The lowest BCUT2D eigenvalue weighted by molar-refractivity contribution is -0.192. The maximum atomic E-state index is 13.0. The van der Waals surface area contributed by atoms with Crippen LogP contribution in [0.25, 0.3) is 10.8 Å². The van der Waals surface area contributed by atoms with E-state index in [1.807, 2.05) is 30.3 Å². The first kappa shape index (κ1) is 31.1. The van der Waals surface area contributed by atoms with Crippen molar-refractivity contribution in [1.29, 1.82) is 0 Å². The van der Waals surface area contributed by atoms with Crippen molar-refractivity contribution < 1.29 is 42.5 Å². The van der Waals surface area contributed by atoms with Crippen LogP contribution in [-0.4, -0.2) is 64.8 Å². The van der Waals surface area contributed by atoms with Gasteiger partial charge in [0.15, 0.2) is 0 Å². The highest BCUT2D eigenvalue weighted by Gasteiger charge is 2.38. The van der Waals surface area contributed by atoms with Crippen molar-refractivity contribution in [1.82, 2.24) is 4.90 Å². The number of rotatable bonds is 9. The number of alkyl halides is 3. The molecule has 3 aromatic rings. The number of carboxylic acid groups (broad SMARTS) is 1. The summed E-state index contributed by atoms with van der Waals surface area (Å²) in [6, 6.07) is 18.1. The monoisotopic (exact) mass is 549 g/mol. The topological polar surface area (TPSA) is 156 Å². The van der Waals surface area contributed by atoms with Crippen LogP contribution in [0.15, 0.2) is 66.7 Å². The summed E-state index contributed by atoms with van der Waals surface area (Å²) in [6.07, 6.45) is -3.87. The third-order valence-corrected chi connectivity index (χ3v) is 5.66. The highest BCUT2D eigenvalue weighted by atomic mass is 19.4. The van der Waals surface area contributed by atoms with Crippen molar-refractivity contribution in [2.75, 3.05) is 13.6 Å². The number of carboxylic acids is 1. The van der Waals surface area contributed by atoms with Gasteiger partial charge in [-0.3, -0.25) is 4.79 Å². The van der Waals surface area contributed by atoms with E-state index in [0.717, 1.165) is 16.3 Å². The summed E-state index contributed by atoms with van der Waals surface area (Å²) in [7, 11) is 1.56. The van der Waals surface area contributed by atoms with Crippen LogP contribution in [-0.2, 0) is 20.8 Å². The summed E-state index contributed by atoms with van der Waals surface area (Å²) < 4.78 is 37.4. The smallest absolute Gasteiger partial charge is 0.490 e. The fraction of sp³-hybridized carbons (Fsp3) is 0.296. The fourth-order valence-corrected chi connectivity index (χ4v) is 3.58. The van der Waals surface area contributed by atoms with E-state index in [0.29, 0.717) is 25.1 Å². The van der Waals surface area contributed by atoms with Crippen LogP contribution in [0.4, 0.5) is 13.2 Å². The molecule has 0 unspecified atom stereocenters. The second kappa shape index (κ2) is 14.1. The number of amides is 1. The van der Waals surface area contributed by atoms with Crippen LogP contribution in [0.5, 0.6) is 11.5 Å². The highest BCUT2D eigenvalue weighted by molar-refractivity contribution is 5.89. The van der Waals surface area contributed by atoms with Crippen LogP contribution in [0.1, 0.15) is 18.4 Å². The van der Waals surface area contributed by atoms with Gasteiger partial charge in [0, 0.05) is 7.05 Å². The predicted octanol–water partition coefficient (Wildman–Crippen LogP) is 3.22. The van der Waals surface area contributed by atoms with Gasteiger partial charge in [-0.25, -0.2) is 9.59 Å². The Labute approximate surface area is 222 Å². The number of aromatic hydroxyl groups is 1. The number of phenols is 1. The van der Waals surface area contributed by atoms with Gasteiger partial charge in [-0.2, -0.15) is 13.2 Å². The first-order valence-electron chi connectivity index (χ1n) is 11.8. The van der Waals surface area contributed by atoms with E-state index < -0.39 is 30.2 Å². The number of likely N-dealkylation sites (N-methyl/N-ethyl adjacent to an activating group) is 1. The number of ether oxygens (including phenoxy) is 1. The minimum Gasteiger partial charge on any atom is -0.508 e. The first-order valence-corrected chi connectivity index (χ1v) is 11.8. The van der Waals surface area contributed by atoms with E-state index in [1.165, 1.54) is 4.90 Å². The zero-order chi connectivity index (χ0) is 29.2. The largest absolute Gasteiger partial charge is 0.508 e. The normalized spacial score (nSPS) is 12.6. The molecule has 0 bridgehead atoms. The number of carbonyl (C=O) groups is 3. The van der Waals surface area contributed by atoms with Crippen LogP contribution in [0, 0.1) is 0 Å². The van der Waals surface area contributed by atoms with Crippen molar-refractivity contribution in [3.05, 3.63) is 72.3 Å². The van der Waals surface area contributed by atoms with Gasteiger partial charge in [-0.05, 0) is 66.4 Å². The molecular weight excluding hydrogens is 519 g/mol. The van der Waals surface area contributed by atoms with E-state index in [2.05, 4.69) is 0 Å². The molecule has 1 amide bonds. The average Bonchev–Trinajstić information content (AvgIpc) is 2.89. The van der Waals surface area contributed by atoms with E-state index in [1.54, 1.807) is 43.4 Å². The maximum absolute atomic E-state index is 13.0. The maximum Gasteiger partial charge on any atom is 0.490 e. The molecule has 3 rings (SSSR count). The summed E-state index contributed by atoms with van der Waals surface area (Å²) in [4.78, 5) is 36.2. The Hall–Kier alpha value is -4.16. The number of aliphatic carboxylic acids is 1. The molecule has 0 aliphatic heterocycles. The van der Waals surface area contributed by atoms with Gasteiger partial charge >= 0.3 is 18.1 Å². The van der Waals surface area contributed by atoms with Crippen molar-refractivity contribution in [2.45, 2.75) is 37.5 Å². The molecule has 0 saturated heterocycles. The Bertz CT molecular complexity index is 1270. The van der Waals surface area contributed by atoms with Gasteiger partial charge in [0.25, 0.3) is 0 Å². The lowest BCUT2D eigenvalue weighted by atomic mass is 10.0. The van der Waals surface area contributed by atoms with Gasteiger partial charge in [0.05, 0.1) is 6.04 Å². The lowest BCUT2D eigenvalue weighted by Crippen LogP contribution is -2.51. The molecule has 0 saturated carbocycles. The number of benzene rings is 3. The molecule has 0 aliphatic carbocycles. The number of carbonyl (C=O) groups excluding carboxylic acids is 2. The fourth-order valence-electron chi connectivity index (χ4n) is 3.58. The van der Waals surface area contributed by atoms with E-state index >= 15 is 0 Å². The number of nitrogens with zero attached hydrogens (tertiary/aromatic N) is 1. The molecule has 0 aliphatic rings. The highest BCUT2D eigenvalue weighted by Crippen LogP contribution is 2.22. The van der Waals surface area contributed by atoms with E-state index in [4.69, 9.17) is 26.1 Å². The molecule has 0 aromatic heterocycles. The quantitative estimate of drug-likeness (QED) is 0.234. The first-order chi connectivity index (χ1) is 18.3. The molecule has 39 heavy (non-hydrogen) atoms. The Morgan fingerprint density at radius 3 is 2.15 bits per heavy atom. The molecule has 9 nitrogen and oxygen atoms in total. The van der Waals surface area contributed by atoms with Crippen molar-refractivity contribution in [3.63, 3.8) is 0 Å². The van der Waals surface area contributed by atoms with E-state index in [9.17, 15) is 27.9 Å². The van der Waals surface area contributed by atoms with Gasteiger partial charge < -0.3 is 31.3 Å². The van der Waals surface area contributed by atoms with Crippen LogP contribution in [0.2, 0.25) is 0 Å². The molecule has 0 heterocycles. The third-order valence-electron chi connectivity index (χ3n) is 5.66. The number of esters is 1. The molecule has 0 spiro atoms. The van der Waals surface area contributed by atoms with Crippen molar-refractivity contribution >= 4 is 28.6 Å². The number of hydrogen-bond acceptors (Lipinski definition) is 7. The Morgan fingerprint density at radius 1 is 1.00 bits per heavy atom. The molecule has 0 fully saturated rings. The third kappa shape index (κ3) is 9.58. The lowest BCUT2D eigenvalue weighted by Gasteiger charge is -2.29. The Kier molecular flexibility index (Phi) is 11.2. The van der Waals surface area contributed by atoms with Crippen molar-refractivity contribution in [3.8, 4) is 11.5 Å². The number of halogens is 3. The number of nitrogens with two attached hydrogens (primary N) is 2. The molecule has 3 aromatic carbocycles. The summed E-state index contributed by atoms with van der Waals surface area (Å²) in [6.45, 7) is 0.390. The molecular formula is C27H30F3N3O6. The molecule has 210 valence electrons. The minimum atomic E-state index is -5.08. The Balaban J connectivity index is 0.000000673. The average molecular weight is 550 g/mol. The number of hydrogen-bond donors (Lipinski definition) is 4. The summed E-state index contributed by atoms with van der Waals surface area (Å²) >= 11 is 0. The molecule has 0 radical (unpaired) electrons. The molecule has 12 heteroatoms. The van der Waals surface area contributed by atoms with Gasteiger partial charge in [-0.15, -0.1) is 0 Å². The Morgan fingerprint density at radius 2 is 1.59 bits per heavy atom. The second-order valence-corrected chi connectivity index (χ2v) is 8.61. The van der Waals surface area contributed by atoms with E-state index in [-0.39, 0.29) is 18.1 Å². The summed E-state index contributed by atoms with van der Waals surface area (Å²) in [5.41, 5.74) is 12.6. The molecule has 6 N–H and O–H groups in total.